The molecule has 25 heavy (non-hydrogen) atoms. The highest BCUT2D eigenvalue weighted by Crippen LogP contribution is 2.17. The Kier molecular flexibility index (Phi) is 4.55. The summed E-state index contributed by atoms with van der Waals surface area (Å²) in [5.41, 5.74) is 1.30. The maximum atomic E-state index is 12.7. The van der Waals surface area contributed by atoms with Crippen molar-refractivity contribution in [1.29, 1.82) is 0 Å². The molecule has 0 saturated carbocycles. The smallest absolute Gasteiger partial charge is 0.264 e. The molecule has 0 atom stereocenters. The molecule has 7 heteroatoms. The molecule has 1 aliphatic heterocycles. The predicted octanol–water partition coefficient (Wildman–Crippen LogP) is 2.72. The molecular formula is C18H20ClN5O. The molecule has 6 nitrogen and oxygen atoms in total. The van der Waals surface area contributed by atoms with Gasteiger partial charge in [0, 0.05) is 18.1 Å². The Morgan fingerprint density at radius 3 is 2.76 bits per heavy atom. The van der Waals surface area contributed by atoms with Crippen LogP contribution in [0.3, 0.4) is 0 Å². The summed E-state index contributed by atoms with van der Waals surface area (Å²) in [6.45, 7) is 3.79. The number of hydrogen-bond acceptors (Lipinski definition) is 4. The number of piperidine rings is 1. The van der Waals surface area contributed by atoms with Gasteiger partial charge in [0.15, 0.2) is 5.65 Å². The van der Waals surface area contributed by atoms with Crippen LogP contribution in [0.4, 0.5) is 0 Å². The summed E-state index contributed by atoms with van der Waals surface area (Å²) >= 11 is 6.05. The van der Waals surface area contributed by atoms with Gasteiger partial charge in [-0.25, -0.2) is 9.67 Å². The summed E-state index contributed by atoms with van der Waals surface area (Å²) in [6.07, 6.45) is 7.02. The van der Waals surface area contributed by atoms with Gasteiger partial charge in [0.2, 0.25) is 0 Å². The summed E-state index contributed by atoms with van der Waals surface area (Å²) < 4.78 is 3.33. The number of likely N-dealkylation sites (tertiary alicyclic amines) is 1. The number of aromatic nitrogens is 4. The molecule has 3 heterocycles. The first-order chi connectivity index (χ1) is 12.2. The molecule has 0 unspecified atom stereocenters. The molecule has 0 radical (unpaired) electrons. The number of benzene rings is 1. The molecule has 0 amide bonds. The van der Waals surface area contributed by atoms with E-state index in [4.69, 9.17) is 11.6 Å². The van der Waals surface area contributed by atoms with Crippen LogP contribution in [0.15, 0.2) is 41.6 Å². The first kappa shape index (κ1) is 16.3. The van der Waals surface area contributed by atoms with Gasteiger partial charge in [-0.15, -0.1) is 0 Å². The molecule has 4 rings (SSSR count). The van der Waals surface area contributed by atoms with Crippen molar-refractivity contribution in [3.8, 4) is 5.69 Å². The Labute approximate surface area is 150 Å². The quantitative estimate of drug-likeness (QED) is 0.720. The van der Waals surface area contributed by atoms with E-state index in [0.717, 1.165) is 25.3 Å². The fourth-order valence-corrected chi connectivity index (χ4v) is 3.52. The molecule has 2 aromatic heterocycles. The van der Waals surface area contributed by atoms with Crippen molar-refractivity contribution in [2.24, 2.45) is 0 Å². The number of rotatable bonds is 4. The fraction of sp³-hybridized carbons (Fsp3) is 0.389. The zero-order valence-corrected chi connectivity index (χ0v) is 14.7. The van der Waals surface area contributed by atoms with E-state index in [1.807, 2.05) is 12.1 Å². The van der Waals surface area contributed by atoms with E-state index in [-0.39, 0.29) is 5.56 Å². The minimum absolute atomic E-state index is 0.0460. The fourth-order valence-electron chi connectivity index (χ4n) is 3.34. The minimum atomic E-state index is -0.0460. The first-order valence-electron chi connectivity index (χ1n) is 8.64. The third kappa shape index (κ3) is 3.32. The Hall–Kier alpha value is -2.18. The zero-order valence-electron chi connectivity index (χ0n) is 13.9. The molecular weight excluding hydrogens is 338 g/mol. The number of fused-ring (bicyclic) bond motifs is 1. The second-order valence-corrected chi connectivity index (χ2v) is 6.86. The molecule has 0 N–H and O–H groups in total. The van der Waals surface area contributed by atoms with E-state index in [0.29, 0.717) is 22.6 Å². The molecule has 1 aromatic carbocycles. The Bertz CT molecular complexity index is 942. The van der Waals surface area contributed by atoms with Crippen LogP contribution in [0.2, 0.25) is 5.02 Å². The van der Waals surface area contributed by atoms with Crippen LogP contribution in [0.5, 0.6) is 0 Å². The first-order valence-corrected chi connectivity index (χ1v) is 9.02. The number of halogens is 1. The van der Waals surface area contributed by atoms with Gasteiger partial charge in [-0.3, -0.25) is 9.36 Å². The zero-order chi connectivity index (χ0) is 17.2. The average Bonchev–Trinajstić information content (AvgIpc) is 3.07. The maximum absolute atomic E-state index is 12.7. The highest BCUT2D eigenvalue weighted by Gasteiger charge is 2.13. The van der Waals surface area contributed by atoms with E-state index in [1.165, 1.54) is 19.3 Å². The molecule has 1 aliphatic rings. The number of nitrogens with zero attached hydrogens (tertiary/aromatic N) is 5. The summed E-state index contributed by atoms with van der Waals surface area (Å²) in [7, 11) is 0. The monoisotopic (exact) mass is 357 g/mol. The Morgan fingerprint density at radius 2 is 1.96 bits per heavy atom. The third-order valence-corrected chi connectivity index (χ3v) is 4.95. The lowest BCUT2D eigenvalue weighted by Crippen LogP contribution is -2.34. The van der Waals surface area contributed by atoms with Crippen LogP contribution in [-0.4, -0.2) is 43.9 Å². The van der Waals surface area contributed by atoms with E-state index in [2.05, 4.69) is 15.0 Å². The van der Waals surface area contributed by atoms with Crippen LogP contribution in [0.1, 0.15) is 19.3 Å². The van der Waals surface area contributed by atoms with Gasteiger partial charge in [0.1, 0.15) is 11.7 Å². The molecule has 130 valence electrons. The topological polar surface area (TPSA) is 56.0 Å². The van der Waals surface area contributed by atoms with Gasteiger partial charge in [0.05, 0.1) is 11.9 Å². The van der Waals surface area contributed by atoms with Gasteiger partial charge in [0.25, 0.3) is 5.56 Å². The van der Waals surface area contributed by atoms with E-state index >= 15 is 0 Å². The largest absolute Gasteiger partial charge is 0.302 e. The molecule has 0 spiro atoms. The van der Waals surface area contributed by atoms with E-state index < -0.39 is 0 Å². The van der Waals surface area contributed by atoms with Crippen molar-refractivity contribution in [1.82, 2.24) is 24.2 Å². The van der Waals surface area contributed by atoms with Crippen molar-refractivity contribution in [3.05, 3.63) is 52.2 Å². The van der Waals surface area contributed by atoms with Gasteiger partial charge in [-0.05, 0) is 44.1 Å². The van der Waals surface area contributed by atoms with Gasteiger partial charge < -0.3 is 4.90 Å². The van der Waals surface area contributed by atoms with Crippen LogP contribution >= 0.6 is 11.6 Å². The lowest BCUT2D eigenvalue weighted by atomic mass is 10.1. The standard InChI is InChI=1S/C18H20ClN5O/c19-14-5-4-6-15(11-14)24-17-16(12-21-24)18(25)23(13-20-17)10-9-22-7-2-1-3-8-22/h4-6,11-13H,1-3,7-10H2. The molecule has 1 fully saturated rings. The Balaban J connectivity index is 1.62. The summed E-state index contributed by atoms with van der Waals surface area (Å²) in [5, 5.41) is 5.48. The molecule has 0 bridgehead atoms. The van der Waals surface area contributed by atoms with Gasteiger partial charge in [-0.2, -0.15) is 5.10 Å². The van der Waals surface area contributed by atoms with E-state index in [1.54, 1.807) is 33.9 Å². The second kappa shape index (κ2) is 6.98. The third-order valence-electron chi connectivity index (χ3n) is 4.71. The number of hydrogen-bond donors (Lipinski definition) is 0. The van der Waals surface area contributed by atoms with Crippen molar-refractivity contribution in [2.45, 2.75) is 25.8 Å². The van der Waals surface area contributed by atoms with Gasteiger partial charge >= 0.3 is 0 Å². The average molecular weight is 358 g/mol. The van der Waals surface area contributed by atoms with Crippen LogP contribution in [-0.2, 0) is 6.54 Å². The Morgan fingerprint density at radius 1 is 1.12 bits per heavy atom. The SMILES string of the molecule is O=c1c2cnn(-c3cccc(Cl)c3)c2ncn1CCN1CCCCC1. The van der Waals surface area contributed by atoms with Gasteiger partial charge in [-0.1, -0.05) is 24.1 Å². The molecule has 3 aromatic rings. The summed E-state index contributed by atoms with van der Waals surface area (Å²) in [4.78, 5) is 19.6. The molecule has 1 saturated heterocycles. The summed E-state index contributed by atoms with van der Waals surface area (Å²) in [6, 6.07) is 7.35. The highest BCUT2D eigenvalue weighted by molar-refractivity contribution is 6.30. The second-order valence-electron chi connectivity index (χ2n) is 6.42. The molecule has 0 aliphatic carbocycles. The van der Waals surface area contributed by atoms with Crippen molar-refractivity contribution in [2.75, 3.05) is 19.6 Å². The van der Waals surface area contributed by atoms with Crippen LogP contribution in [0, 0.1) is 0 Å². The van der Waals surface area contributed by atoms with Crippen molar-refractivity contribution in [3.63, 3.8) is 0 Å². The van der Waals surface area contributed by atoms with Crippen molar-refractivity contribution >= 4 is 22.6 Å². The normalized spacial score (nSPS) is 15.7. The summed E-state index contributed by atoms with van der Waals surface area (Å²) in [5.74, 6) is 0. The maximum Gasteiger partial charge on any atom is 0.264 e. The van der Waals surface area contributed by atoms with Crippen LogP contribution in [0.25, 0.3) is 16.7 Å². The van der Waals surface area contributed by atoms with E-state index in [9.17, 15) is 4.79 Å². The lowest BCUT2D eigenvalue weighted by Gasteiger charge is -2.26. The predicted molar refractivity (Wildman–Crippen MR) is 98.4 cm³/mol. The van der Waals surface area contributed by atoms with Crippen molar-refractivity contribution < 1.29 is 0 Å². The minimum Gasteiger partial charge on any atom is -0.302 e. The lowest BCUT2D eigenvalue weighted by molar-refractivity contribution is 0.220. The highest BCUT2D eigenvalue weighted by atomic mass is 35.5. The van der Waals surface area contributed by atoms with Crippen LogP contribution < -0.4 is 5.56 Å².